The van der Waals surface area contributed by atoms with Crippen LogP contribution in [0.5, 0.6) is 5.75 Å². The lowest BCUT2D eigenvalue weighted by Crippen LogP contribution is -2.04. The van der Waals surface area contributed by atoms with Crippen molar-refractivity contribution in [1.29, 1.82) is 0 Å². The molecular weight excluding hydrogens is 272 g/mol. The number of rotatable bonds is 8. The number of carbonyl (C=O) groups excluding carboxylic acids is 1. The van der Waals surface area contributed by atoms with Gasteiger partial charge < -0.3 is 9.47 Å². The van der Waals surface area contributed by atoms with Gasteiger partial charge in [-0.2, -0.15) is 11.8 Å². The van der Waals surface area contributed by atoms with Gasteiger partial charge in [0.05, 0.1) is 17.9 Å². The summed E-state index contributed by atoms with van der Waals surface area (Å²) in [6.07, 6.45) is 0.956. The van der Waals surface area contributed by atoms with E-state index in [1.807, 2.05) is 0 Å². The first-order chi connectivity index (χ1) is 8.69. The van der Waals surface area contributed by atoms with Gasteiger partial charge in [0.15, 0.2) is 5.78 Å². The van der Waals surface area contributed by atoms with E-state index in [0.29, 0.717) is 22.1 Å². The topological polar surface area (TPSA) is 35.5 Å². The molecule has 0 heterocycles. The molecule has 0 amide bonds. The molecule has 0 aliphatic rings. The summed E-state index contributed by atoms with van der Waals surface area (Å²) in [6, 6.07) is 5.10. The zero-order valence-electron chi connectivity index (χ0n) is 10.6. The molecule has 0 saturated heterocycles. The lowest BCUT2D eigenvalue weighted by atomic mass is 10.1. The van der Waals surface area contributed by atoms with Crippen LogP contribution in [0.15, 0.2) is 18.2 Å². The summed E-state index contributed by atoms with van der Waals surface area (Å²) < 4.78 is 9.99. The average molecular weight is 289 g/mol. The summed E-state index contributed by atoms with van der Waals surface area (Å²) in [5, 5.41) is 0.465. The molecule has 0 aliphatic carbocycles. The van der Waals surface area contributed by atoms with E-state index in [2.05, 4.69) is 0 Å². The number of ether oxygens (including phenoxy) is 2. The predicted molar refractivity (Wildman–Crippen MR) is 76.2 cm³/mol. The summed E-state index contributed by atoms with van der Waals surface area (Å²) >= 11 is 7.58. The molecule has 1 aromatic carbocycles. The van der Waals surface area contributed by atoms with Gasteiger partial charge in [-0.15, -0.1) is 0 Å². The molecule has 0 fully saturated rings. The summed E-state index contributed by atoms with van der Waals surface area (Å²) in [5.41, 5.74) is 0.625. The van der Waals surface area contributed by atoms with Crippen molar-refractivity contribution in [1.82, 2.24) is 0 Å². The van der Waals surface area contributed by atoms with Crippen LogP contribution in [-0.4, -0.2) is 38.1 Å². The highest BCUT2D eigenvalue weighted by molar-refractivity contribution is 7.99. The van der Waals surface area contributed by atoms with Gasteiger partial charge in [-0.05, 0) is 30.4 Å². The Kier molecular flexibility index (Phi) is 7.16. The van der Waals surface area contributed by atoms with E-state index in [4.69, 9.17) is 21.1 Å². The Morgan fingerprint density at radius 2 is 2.17 bits per heavy atom. The first-order valence-electron chi connectivity index (χ1n) is 5.62. The SMILES string of the molecule is COCCCSCC(=O)c1ccc(OC)c(Cl)c1. The second kappa shape index (κ2) is 8.40. The van der Waals surface area contributed by atoms with Crippen LogP contribution in [-0.2, 0) is 4.74 Å². The molecule has 5 heteroatoms. The number of Topliss-reactive ketones (excluding diaryl/α,β-unsaturated/α-hetero) is 1. The van der Waals surface area contributed by atoms with Crippen molar-refractivity contribution in [2.24, 2.45) is 0 Å². The molecule has 0 N–H and O–H groups in total. The number of hydrogen-bond acceptors (Lipinski definition) is 4. The highest BCUT2D eigenvalue weighted by Gasteiger charge is 2.09. The average Bonchev–Trinajstić information content (AvgIpc) is 2.38. The van der Waals surface area contributed by atoms with Crippen LogP contribution in [0.3, 0.4) is 0 Å². The number of halogens is 1. The van der Waals surface area contributed by atoms with Crippen molar-refractivity contribution in [2.45, 2.75) is 6.42 Å². The molecule has 3 nitrogen and oxygen atoms in total. The maximum Gasteiger partial charge on any atom is 0.172 e. The van der Waals surface area contributed by atoms with Crippen molar-refractivity contribution < 1.29 is 14.3 Å². The minimum Gasteiger partial charge on any atom is -0.495 e. The van der Waals surface area contributed by atoms with Crippen molar-refractivity contribution in [2.75, 3.05) is 32.3 Å². The predicted octanol–water partition coefficient (Wildman–Crippen LogP) is 3.30. The Hall–Kier alpha value is -0.710. The number of hydrogen-bond donors (Lipinski definition) is 0. The zero-order chi connectivity index (χ0) is 13.4. The lowest BCUT2D eigenvalue weighted by molar-refractivity contribution is 0.102. The van der Waals surface area contributed by atoms with Gasteiger partial charge in [0.1, 0.15) is 5.75 Å². The summed E-state index contributed by atoms with van der Waals surface area (Å²) in [4.78, 5) is 11.9. The van der Waals surface area contributed by atoms with Gasteiger partial charge in [0.25, 0.3) is 0 Å². The van der Waals surface area contributed by atoms with Gasteiger partial charge in [-0.1, -0.05) is 11.6 Å². The smallest absolute Gasteiger partial charge is 0.172 e. The Labute approximate surface area is 117 Å². The number of methoxy groups -OCH3 is 2. The Balaban J connectivity index is 2.44. The first kappa shape index (κ1) is 15.3. The van der Waals surface area contributed by atoms with Crippen LogP contribution in [0, 0.1) is 0 Å². The van der Waals surface area contributed by atoms with Gasteiger partial charge in [-0.3, -0.25) is 4.79 Å². The van der Waals surface area contributed by atoms with E-state index < -0.39 is 0 Å². The van der Waals surface area contributed by atoms with Crippen LogP contribution in [0.25, 0.3) is 0 Å². The summed E-state index contributed by atoms with van der Waals surface area (Å²) in [7, 11) is 3.23. The highest BCUT2D eigenvalue weighted by atomic mass is 35.5. The fraction of sp³-hybridized carbons (Fsp3) is 0.462. The molecule has 1 rings (SSSR count). The van der Waals surface area contributed by atoms with E-state index in [1.54, 1.807) is 44.2 Å². The molecule has 1 aromatic rings. The maximum absolute atomic E-state index is 11.9. The van der Waals surface area contributed by atoms with Crippen LogP contribution >= 0.6 is 23.4 Å². The maximum atomic E-state index is 11.9. The lowest BCUT2D eigenvalue weighted by Gasteiger charge is -2.05. The normalized spacial score (nSPS) is 10.4. The second-order valence-electron chi connectivity index (χ2n) is 3.67. The van der Waals surface area contributed by atoms with E-state index in [1.165, 1.54) is 0 Å². The van der Waals surface area contributed by atoms with Crippen molar-refractivity contribution >= 4 is 29.1 Å². The van der Waals surface area contributed by atoms with E-state index in [9.17, 15) is 4.79 Å². The van der Waals surface area contributed by atoms with Crippen molar-refractivity contribution in [3.8, 4) is 5.75 Å². The molecule has 0 unspecified atom stereocenters. The highest BCUT2D eigenvalue weighted by Crippen LogP contribution is 2.25. The first-order valence-corrected chi connectivity index (χ1v) is 7.15. The quantitative estimate of drug-likeness (QED) is 0.543. The fourth-order valence-electron chi connectivity index (χ4n) is 1.39. The third-order valence-corrected chi connectivity index (χ3v) is 3.68. The number of carbonyl (C=O) groups is 1. The standard InChI is InChI=1S/C13H17ClO3S/c1-16-6-3-7-18-9-12(15)10-4-5-13(17-2)11(14)8-10/h4-5,8H,3,6-7,9H2,1-2H3. The Morgan fingerprint density at radius 1 is 1.39 bits per heavy atom. The van der Waals surface area contributed by atoms with Crippen LogP contribution in [0.4, 0.5) is 0 Å². The second-order valence-corrected chi connectivity index (χ2v) is 5.18. The number of benzene rings is 1. The van der Waals surface area contributed by atoms with Gasteiger partial charge in [0.2, 0.25) is 0 Å². The Morgan fingerprint density at radius 3 is 2.78 bits per heavy atom. The van der Waals surface area contributed by atoms with Crippen molar-refractivity contribution in [3.05, 3.63) is 28.8 Å². The third-order valence-electron chi connectivity index (χ3n) is 2.34. The molecule has 0 spiro atoms. The van der Waals surface area contributed by atoms with Crippen LogP contribution < -0.4 is 4.74 Å². The van der Waals surface area contributed by atoms with E-state index >= 15 is 0 Å². The zero-order valence-corrected chi connectivity index (χ0v) is 12.1. The van der Waals surface area contributed by atoms with Crippen LogP contribution in [0.1, 0.15) is 16.8 Å². The third kappa shape index (κ3) is 4.88. The molecular formula is C13H17ClO3S. The number of ketones is 1. The molecule has 0 bridgehead atoms. The largest absolute Gasteiger partial charge is 0.495 e. The van der Waals surface area contributed by atoms with E-state index in [-0.39, 0.29) is 5.78 Å². The van der Waals surface area contributed by atoms with Gasteiger partial charge in [-0.25, -0.2) is 0 Å². The van der Waals surface area contributed by atoms with Crippen molar-refractivity contribution in [3.63, 3.8) is 0 Å². The molecule has 0 radical (unpaired) electrons. The molecule has 0 aliphatic heterocycles. The van der Waals surface area contributed by atoms with E-state index in [0.717, 1.165) is 18.8 Å². The minimum atomic E-state index is 0.0852. The molecule has 100 valence electrons. The molecule has 0 aromatic heterocycles. The molecule has 0 atom stereocenters. The summed E-state index contributed by atoms with van der Waals surface area (Å²) in [6.45, 7) is 0.732. The van der Waals surface area contributed by atoms with Crippen LogP contribution in [0.2, 0.25) is 5.02 Å². The van der Waals surface area contributed by atoms with Gasteiger partial charge in [0, 0.05) is 19.3 Å². The fourth-order valence-corrected chi connectivity index (χ4v) is 2.47. The minimum absolute atomic E-state index is 0.0852. The van der Waals surface area contributed by atoms with Gasteiger partial charge >= 0.3 is 0 Å². The number of thioether (sulfide) groups is 1. The monoisotopic (exact) mass is 288 g/mol. The molecule has 18 heavy (non-hydrogen) atoms. The molecule has 0 saturated carbocycles. The Bertz CT molecular complexity index is 396. The summed E-state index contributed by atoms with van der Waals surface area (Å²) in [5.74, 6) is 2.05.